The van der Waals surface area contributed by atoms with Crippen LogP contribution >= 0.6 is 11.3 Å². The van der Waals surface area contributed by atoms with Crippen LogP contribution in [0, 0.1) is 0 Å². The van der Waals surface area contributed by atoms with E-state index in [9.17, 15) is 0 Å². The Morgan fingerprint density at radius 3 is 1.63 bits per heavy atom. The molecule has 0 saturated carbocycles. The third kappa shape index (κ3) is 5.70. The molecule has 0 aliphatic carbocycles. The molecular weight excluding hydrogens is 753 g/mol. The minimum atomic E-state index is 0.629. The van der Waals surface area contributed by atoms with Crippen LogP contribution in [0.25, 0.3) is 98.0 Å². The van der Waals surface area contributed by atoms with Crippen molar-refractivity contribution in [2.75, 3.05) is 4.90 Å². The Labute approximate surface area is 349 Å². The lowest BCUT2D eigenvalue weighted by atomic mass is 9.98. The second kappa shape index (κ2) is 14.0. The van der Waals surface area contributed by atoms with E-state index < -0.39 is 0 Å². The second-order valence-corrected chi connectivity index (χ2v) is 16.1. The second-order valence-electron chi connectivity index (χ2n) is 15.1. The Morgan fingerprint density at radius 2 is 0.933 bits per heavy atom. The maximum Gasteiger partial charge on any atom is 0.227 e. The van der Waals surface area contributed by atoms with Gasteiger partial charge in [-0.3, -0.25) is 0 Å². The lowest BCUT2D eigenvalue weighted by molar-refractivity contribution is 0.620. The molecule has 0 radical (unpaired) electrons. The Balaban J connectivity index is 0.974. The number of benzene rings is 9. The highest BCUT2D eigenvalue weighted by atomic mass is 32.1. The van der Waals surface area contributed by atoms with E-state index in [1.54, 1.807) is 0 Å². The molecule has 0 spiro atoms. The van der Waals surface area contributed by atoms with Gasteiger partial charge < -0.3 is 13.7 Å². The van der Waals surface area contributed by atoms with Gasteiger partial charge in [0.2, 0.25) is 5.89 Å². The third-order valence-corrected chi connectivity index (χ3v) is 12.7. The zero-order valence-corrected chi connectivity index (χ0v) is 33.1. The molecule has 60 heavy (non-hydrogen) atoms. The summed E-state index contributed by atoms with van der Waals surface area (Å²) in [6.07, 6.45) is 0. The van der Waals surface area contributed by atoms with Crippen molar-refractivity contribution in [2.24, 2.45) is 0 Å². The van der Waals surface area contributed by atoms with Gasteiger partial charge in [0.1, 0.15) is 16.7 Å². The molecule has 0 aliphatic rings. The van der Waals surface area contributed by atoms with Crippen LogP contribution in [0.5, 0.6) is 0 Å². The summed E-state index contributed by atoms with van der Waals surface area (Å²) in [5.74, 6) is 0.629. The molecule has 5 heteroatoms. The lowest BCUT2D eigenvalue weighted by Crippen LogP contribution is -2.09. The number of furan rings is 1. The Morgan fingerprint density at radius 1 is 0.383 bits per heavy atom. The molecule has 4 nitrogen and oxygen atoms in total. The molecule has 0 fully saturated rings. The van der Waals surface area contributed by atoms with Gasteiger partial charge in [0, 0.05) is 59.1 Å². The van der Waals surface area contributed by atoms with E-state index in [1.807, 2.05) is 53.8 Å². The fourth-order valence-corrected chi connectivity index (χ4v) is 9.91. The molecule has 282 valence electrons. The zero-order valence-electron chi connectivity index (χ0n) is 32.2. The smallest absolute Gasteiger partial charge is 0.227 e. The van der Waals surface area contributed by atoms with Gasteiger partial charge in [0.25, 0.3) is 0 Å². The molecule has 3 aromatic heterocycles. The largest absolute Gasteiger partial charge is 0.456 e. The molecule has 3 heterocycles. The topological polar surface area (TPSA) is 42.4 Å². The van der Waals surface area contributed by atoms with Crippen LogP contribution in [0.3, 0.4) is 0 Å². The van der Waals surface area contributed by atoms with Crippen LogP contribution in [0.1, 0.15) is 0 Å². The summed E-state index contributed by atoms with van der Waals surface area (Å²) in [7, 11) is 0. The molecule has 12 rings (SSSR count). The highest BCUT2D eigenvalue weighted by Crippen LogP contribution is 2.46. The molecule has 0 atom stereocenters. The van der Waals surface area contributed by atoms with E-state index in [1.165, 1.54) is 25.9 Å². The van der Waals surface area contributed by atoms with E-state index in [-0.39, 0.29) is 0 Å². The van der Waals surface area contributed by atoms with Crippen molar-refractivity contribution < 1.29 is 8.83 Å². The lowest BCUT2D eigenvalue weighted by Gasteiger charge is -2.26. The van der Waals surface area contributed by atoms with Crippen LogP contribution in [-0.2, 0) is 0 Å². The van der Waals surface area contributed by atoms with E-state index in [0.717, 1.165) is 83.3 Å². The molecule has 0 N–H and O–H groups in total. The van der Waals surface area contributed by atoms with Crippen molar-refractivity contribution in [3.05, 3.63) is 206 Å². The predicted octanol–water partition coefficient (Wildman–Crippen LogP) is 16.2. The number of oxazole rings is 1. The maximum absolute atomic E-state index is 6.52. The maximum atomic E-state index is 6.52. The van der Waals surface area contributed by atoms with Gasteiger partial charge in [0.15, 0.2) is 5.58 Å². The Kier molecular flexibility index (Phi) is 8.00. The molecule has 0 unspecified atom stereocenters. The predicted molar refractivity (Wildman–Crippen MR) is 251 cm³/mol. The third-order valence-electron chi connectivity index (χ3n) is 11.5. The summed E-state index contributed by atoms with van der Waals surface area (Å²) in [5, 5.41) is 4.59. The summed E-state index contributed by atoms with van der Waals surface area (Å²) < 4.78 is 15.2. The average molecular weight is 787 g/mol. The number of para-hydroxylation sites is 1. The van der Waals surface area contributed by atoms with E-state index in [0.29, 0.717) is 5.89 Å². The van der Waals surface area contributed by atoms with Gasteiger partial charge in [-0.25, -0.2) is 4.98 Å². The highest BCUT2D eigenvalue weighted by Gasteiger charge is 2.21. The Bertz CT molecular complexity index is 3510. The molecule has 0 aliphatic heterocycles. The van der Waals surface area contributed by atoms with Gasteiger partial charge in [-0.2, -0.15) is 0 Å². The van der Waals surface area contributed by atoms with Crippen LogP contribution in [0.4, 0.5) is 17.1 Å². The van der Waals surface area contributed by atoms with E-state index in [2.05, 4.69) is 169 Å². The first-order chi connectivity index (χ1) is 29.7. The molecular formula is C55H34N2O2S. The summed E-state index contributed by atoms with van der Waals surface area (Å²) in [4.78, 5) is 7.41. The van der Waals surface area contributed by atoms with Crippen molar-refractivity contribution in [3.8, 4) is 44.8 Å². The molecule has 12 aromatic rings. The molecule has 0 saturated heterocycles. The van der Waals surface area contributed by atoms with E-state index in [4.69, 9.17) is 13.8 Å². The standard InChI is InChI=1S/C55H34N2O2S/c1-3-12-35(13-4-1)36-22-28-40(29-23-36)57(41-30-24-37(25-31-41)43-18-11-20-48-51(43)44-16-7-9-19-47(44)58-48)42-32-26-38(27-33-42)46-34-49-53(56-55(59-49)39-14-5-2-6-15-39)52-45-17-8-10-21-50(45)60-54(46)52/h1-34H. The SMILES string of the molecule is c1ccc(-c2ccc(N(c3ccc(-c4cc5oc(-c6ccccc6)nc5c5c4sc4ccccc45)cc3)c3ccc(-c4cccc5oc6ccccc6c45)cc3)cc2)cc1. The zero-order chi connectivity index (χ0) is 39.6. The van der Waals surface area contributed by atoms with Crippen molar-refractivity contribution in [1.82, 2.24) is 4.98 Å². The van der Waals surface area contributed by atoms with Gasteiger partial charge in [-0.1, -0.05) is 133 Å². The minimum absolute atomic E-state index is 0.629. The van der Waals surface area contributed by atoms with Crippen LogP contribution in [0.2, 0.25) is 0 Å². The quantitative estimate of drug-likeness (QED) is 0.161. The normalized spacial score (nSPS) is 11.7. The monoisotopic (exact) mass is 786 g/mol. The van der Waals surface area contributed by atoms with Crippen molar-refractivity contribution in [3.63, 3.8) is 0 Å². The average Bonchev–Trinajstić information content (AvgIpc) is 4.04. The number of hydrogen-bond acceptors (Lipinski definition) is 5. The summed E-state index contributed by atoms with van der Waals surface area (Å²) in [6.45, 7) is 0. The fourth-order valence-electron chi connectivity index (χ4n) is 8.67. The first kappa shape index (κ1) is 34.3. The van der Waals surface area contributed by atoms with Crippen molar-refractivity contribution >= 4 is 81.6 Å². The van der Waals surface area contributed by atoms with Crippen LogP contribution < -0.4 is 4.90 Å². The number of thiophene rings is 1. The minimum Gasteiger partial charge on any atom is -0.456 e. The fraction of sp³-hybridized carbons (Fsp3) is 0. The number of fused-ring (bicyclic) bond motifs is 8. The van der Waals surface area contributed by atoms with Gasteiger partial charge in [0.05, 0.1) is 0 Å². The van der Waals surface area contributed by atoms with Crippen LogP contribution in [-0.4, -0.2) is 4.98 Å². The number of rotatable bonds is 7. The number of anilines is 3. The van der Waals surface area contributed by atoms with Crippen LogP contribution in [0.15, 0.2) is 215 Å². The van der Waals surface area contributed by atoms with E-state index >= 15 is 0 Å². The number of aromatic nitrogens is 1. The van der Waals surface area contributed by atoms with Gasteiger partial charge in [-0.15, -0.1) is 11.3 Å². The highest BCUT2D eigenvalue weighted by molar-refractivity contribution is 7.26. The Hall–Kier alpha value is -7.73. The van der Waals surface area contributed by atoms with Crippen molar-refractivity contribution in [1.29, 1.82) is 0 Å². The molecule has 9 aromatic carbocycles. The van der Waals surface area contributed by atoms with Crippen molar-refractivity contribution in [2.45, 2.75) is 0 Å². The summed E-state index contributed by atoms with van der Waals surface area (Å²) in [5.41, 5.74) is 14.5. The van der Waals surface area contributed by atoms with Gasteiger partial charge >= 0.3 is 0 Å². The summed E-state index contributed by atoms with van der Waals surface area (Å²) in [6, 6.07) is 72.7. The first-order valence-electron chi connectivity index (χ1n) is 20.1. The number of nitrogens with zero attached hydrogens (tertiary/aromatic N) is 2. The summed E-state index contributed by atoms with van der Waals surface area (Å²) >= 11 is 1.81. The first-order valence-corrected chi connectivity index (χ1v) is 20.9. The van der Waals surface area contributed by atoms with Gasteiger partial charge in [-0.05, 0) is 101 Å². The number of hydrogen-bond donors (Lipinski definition) is 0. The molecule has 0 bridgehead atoms. The molecule has 0 amide bonds.